The molecule has 0 fully saturated rings. The van der Waals surface area contributed by atoms with Crippen LogP contribution >= 0.6 is 0 Å². The van der Waals surface area contributed by atoms with E-state index in [0.29, 0.717) is 24.3 Å². The van der Waals surface area contributed by atoms with Gasteiger partial charge in [0.05, 0.1) is 29.0 Å². The van der Waals surface area contributed by atoms with Gasteiger partial charge in [0.15, 0.2) is 11.5 Å². The van der Waals surface area contributed by atoms with Crippen molar-refractivity contribution in [1.29, 1.82) is 0 Å². The van der Waals surface area contributed by atoms with Crippen LogP contribution in [0, 0.1) is 0 Å². The van der Waals surface area contributed by atoms with Crippen molar-refractivity contribution >= 4 is 63.0 Å². The Hall–Kier alpha value is -6.24. The van der Waals surface area contributed by atoms with Crippen LogP contribution in [0.3, 0.4) is 0 Å². The Morgan fingerprint density at radius 3 is 2.27 bits per heavy atom. The van der Waals surface area contributed by atoms with Crippen LogP contribution in [-0.4, -0.2) is 69.1 Å². The second kappa shape index (κ2) is 10.2. The fourth-order valence-corrected chi connectivity index (χ4v) is 5.24. The minimum Gasteiger partial charge on any atom is -0.506 e. The molecule has 13 heteroatoms. The number of hydrogen-bond donors (Lipinski definition) is 4. The number of aromatic hydroxyl groups is 2. The number of carboxylic acids is 2. The summed E-state index contributed by atoms with van der Waals surface area (Å²) >= 11 is 0. The van der Waals surface area contributed by atoms with Crippen molar-refractivity contribution < 1.29 is 58.3 Å². The number of benzene rings is 2. The number of aromatic carboxylic acids is 2. The second-order valence-electron chi connectivity index (χ2n) is 9.75. The third-order valence-corrected chi connectivity index (χ3v) is 7.19. The van der Waals surface area contributed by atoms with E-state index in [-0.39, 0.29) is 50.6 Å². The first-order valence-corrected chi connectivity index (χ1v) is 12.9. The van der Waals surface area contributed by atoms with Crippen molar-refractivity contribution in [1.82, 2.24) is 0 Å². The Bertz CT molecular complexity index is 2100. The monoisotopic (exact) mass is 597 g/mol. The van der Waals surface area contributed by atoms with Crippen molar-refractivity contribution in [2.24, 2.45) is 4.99 Å². The first-order chi connectivity index (χ1) is 21.0. The average Bonchev–Trinajstić information content (AvgIpc) is 3.60. The third kappa shape index (κ3) is 4.34. The summed E-state index contributed by atoms with van der Waals surface area (Å²) in [6.45, 7) is 0.477. The van der Waals surface area contributed by atoms with E-state index in [9.17, 15) is 44.4 Å². The van der Waals surface area contributed by atoms with Gasteiger partial charge in [-0.05, 0) is 54.0 Å². The minimum absolute atomic E-state index is 0.0241. The minimum atomic E-state index is -1.76. The lowest BCUT2D eigenvalue weighted by atomic mass is 9.94. The zero-order valence-corrected chi connectivity index (χ0v) is 22.5. The molecule has 0 saturated heterocycles. The summed E-state index contributed by atoms with van der Waals surface area (Å²) in [7, 11) is 1.32. The molecule has 6 rings (SSSR count). The molecule has 0 amide bonds. The number of carboxylic acid groups (broad SMARTS) is 2. The number of phenols is 2. The smallest absolute Gasteiger partial charge is 0.340 e. The van der Waals surface area contributed by atoms with Gasteiger partial charge in [0.2, 0.25) is 17.3 Å². The fraction of sp³-hybridized carbons (Fsp3) is 0.0968. The molecule has 2 aliphatic carbocycles. The van der Waals surface area contributed by atoms with Crippen molar-refractivity contribution in [2.45, 2.75) is 6.42 Å². The molecular weight excluding hydrogens is 578 g/mol. The van der Waals surface area contributed by atoms with Crippen molar-refractivity contribution in [3.8, 4) is 11.5 Å². The number of fused-ring (bicyclic) bond motifs is 5. The predicted octanol–water partition coefficient (Wildman–Crippen LogP) is 3.84. The highest BCUT2D eigenvalue weighted by Gasteiger charge is 2.31. The molecule has 0 spiro atoms. The number of phenolic OH excluding ortho intramolecular Hbond substituents is 1. The molecule has 4 N–H and O–H groups in total. The largest absolute Gasteiger partial charge is 0.506 e. The fourth-order valence-electron chi connectivity index (χ4n) is 5.24. The summed E-state index contributed by atoms with van der Waals surface area (Å²) in [6, 6.07) is 2.12. The Labute approximate surface area is 245 Å². The molecule has 220 valence electrons. The Balaban J connectivity index is 1.53. The molecule has 3 aliphatic rings. The number of Topliss-reactive ketones (excluding diaryl/α,β-unsaturated/α-hetero) is 1. The van der Waals surface area contributed by atoms with E-state index >= 15 is 0 Å². The quantitative estimate of drug-likeness (QED) is 0.244. The standard InChI is InChI=1S/C31H19NO12/c1-42-18-4-2-12-9-20-24(25-21(44-20)11-15(30(38)39)23(29(25)37)31(40)41)28(36)22(12)27(35)16(33)3-5-19(18)43-14-8-13-6-7-32-26(13)17(34)10-14/h2-5,8-11,36-37H,6-7H2,1H3,(H,38,39)(H,40,41)/b4-2?,5-3+,19-18?. The van der Waals surface area contributed by atoms with Crippen LogP contribution in [0.25, 0.3) is 28.0 Å². The molecule has 1 aliphatic heterocycles. The van der Waals surface area contributed by atoms with Gasteiger partial charge in [0, 0.05) is 12.6 Å². The SMILES string of the molecule is COC1=C(OC2=CC(=O)C3=NCCC3=C2)/C=C/C(=O)C(=O)c2c(cc3oc4cc(C(=O)O)c(C(=O)O)c(O)c4c3c2O)C=C1. The molecule has 1 aromatic heterocycles. The van der Waals surface area contributed by atoms with Crippen LogP contribution in [0.5, 0.6) is 11.5 Å². The van der Waals surface area contributed by atoms with E-state index in [4.69, 9.17) is 13.9 Å². The number of aliphatic imine (C=N–C) groups is 1. The number of carbonyl (C=O) groups excluding carboxylic acids is 3. The maximum absolute atomic E-state index is 13.4. The van der Waals surface area contributed by atoms with E-state index in [1.54, 1.807) is 6.08 Å². The van der Waals surface area contributed by atoms with E-state index in [0.717, 1.165) is 18.2 Å². The molecule has 0 radical (unpaired) electrons. The highest BCUT2D eigenvalue weighted by atomic mass is 16.5. The van der Waals surface area contributed by atoms with Crippen LogP contribution in [0.15, 0.2) is 74.8 Å². The van der Waals surface area contributed by atoms with Crippen LogP contribution < -0.4 is 0 Å². The Morgan fingerprint density at radius 1 is 0.864 bits per heavy atom. The number of furan rings is 1. The molecule has 2 aromatic carbocycles. The maximum atomic E-state index is 13.4. The molecule has 13 nitrogen and oxygen atoms in total. The maximum Gasteiger partial charge on any atom is 0.340 e. The molecule has 0 unspecified atom stereocenters. The number of methoxy groups -OCH3 is 1. The van der Waals surface area contributed by atoms with E-state index in [1.807, 2.05) is 0 Å². The van der Waals surface area contributed by atoms with Crippen molar-refractivity contribution in [2.75, 3.05) is 13.7 Å². The van der Waals surface area contributed by atoms with E-state index in [2.05, 4.69) is 4.99 Å². The van der Waals surface area contributed by atoms with Gasteiger partial charge in [0.1, 0.15) is 39.7 Å². The molecule has 0 bridgehead atoms. The first-order valence-electron chi connectivity index (χ1n) is 12.9. The third-order valence-electron chi connectivity index (χ3n) is 7.19. The zero-order chi connectivity index (χ0) is 31.4. The summed E-state index contributed by atoms with van der Waals surface area (Å²) in [6.07, 6.45) is 8.19. The molecule has 3 aromatic rings. The van der Waals surface area contributed by atoms with Crippen LogP contribution in [-0.2, 0) is 19.1 Å². The van der Waals surface area contributed by atoms with Gasteiger partial charge in [0.25, 0.3) is 0 Å². The predicted molar refractivity (Wildman–Crippen MR) is 152 cm³/mol. The summed E-state index contributed by atoms with van der Waals surface area (Å²) < 4.78 is 17.0. The second-order valence-corrected chi connectivity index (χ2v) is 9.75. The number of rotatable bonds is 5. The topological polar surface area (TPSA) is 210 Å². The number of ether oxygens (including phenoxy) is 2. The van der Waals surface area contributed by atoms with Gasteiger partial charge in [-0.25, -0.2) is 9.59 Å². The lowest BCUT2D eigenvalue weighted by molar-refractivity contribution is -0.111. The highest BCUT2D eigenvalue weighted by molar-refractivity contribution is 6.51. The highest BCUT2D eigenvalue weighted by Crippen LogP contribution is 2.45. The lowest BCUT2D eigenvalue weighted by Crippen LogP contribution is -2.16. The summed E-state index contributed by atoms with van der Waals surface area (Å²) in [4.78, 5) is 66.5. The van der Waals surface area contributed by atoms with Gasteiger partial charge < -0.3 is 34.3 Å². The number of allylic oxidation sites excluding steroid dienone is 5. The van der Waals surface area contributed by atoms with Crippen molar-refractivity contribution in [3.05, 3.63) is 87.6 Å². The van der Waals surface area contributed by atoms with Gasteiger partial charge in [-0.3, -0.25) is 19.4 Å². The summed E-state index contributed by atoms with van der Waals surface area (Å²) in [5, 5.41) is 40.5. The molecule has 0 atom stereocenters. The normalized spacial score (nSPS) is 17.2. The molecular formula is C31H19NO12. The summed E-state index contributed by atoms with van der Waals surface area (Å²) in [5.74, 6) is -7.64. The van der Waals surface area contributed by atoms with Crippen LogP contribution in [0.2, 0.25) is 0 Å². The lowest BCUT2D eigenvalue weighted by Gasteiger charge is -2.15. The first kappa shape index (κ1) is 27.9. The zero-order valence-electron chi connectivity index (χ0n) is 22.5. The van der Waals surface area contributed by atoms with E-state index < -0.39 is 51.7 Å². The van der Waals surface area contributed by atoms with Gasteiger partial charge in [-0.1, -0.05) is 6.08 Å². The van der Waals surface area contributed by atoms with Gasteiger partial charge in [-0.2, -0.15) is 0 Å². The number of ketones is 3. The van der Waals surface area contributed by atoms with Gasteiger partial charge >= 0.3 is 11.9 Å². The summed E-state index contributed by atoms with van der Waals surface area (Å²) in [5.41, 5.74) is -1.65. The average molecular weight is 597 g/mol. The van der Waals surface area contributed by atoms with Crippen LogP contribution in [0.1, 0.15) is 43.1 Å². The number of nitrogens with zero attached hydrogens (tertiary/aromatic N) is 1. The number of hydrogen-bond acceptors (Lipinski definition) is 11. The Morgan fingerprint density at radius 2 is 1.57 bits per heavy atom. The molecule has 44 heavy (non-hydrogen) atoms. The molecule has 2 heterocycles. The molecule has 0 saturated carbocycles. The van der Waals surface area contributed by atoms with Crippen molar-refractivity contribution in [3.63, 3.8) is 0 Å². The Kier molecular flexibility index (Phi) is 6.49. The van der Waals surface area contributed by atoms with Gasteiger partial charge in [-0.15, -0.1) is 0 Å². The van der Waals surface area contributed by atoms with Crippen LogP contribution in [0.4, 0.5) is 0 Å². The van der Waals surface area contributed by atoms with E-state index in [1.165, 1.54) is 31.4 Å². The number of carbonyl (C=O) groups is 5.